The standard InChI is InChI=1S/C12H15FO2/c13-11-5-1-3-9(7-11)12(14)10-4-2-6-15-8-10/h1,3,5,7,10,12,14H,2,4,6,8H2. The molecule has 1 aliphatic heterocycles. The van der Waals surface area contributed by atoms with Crippen LogP contribution in [-0.2, 0) is 4.74 Å². The third-order valence-corrected chi connectivity index (χ3v) is 2.83. The van der Waals surface area contributed by atoms with Crippen LogP contribution in [0.3, 0.4) is 0 Å². The molecule has 2 atom stereocenters. The van der Waals surface area contributed by atoms with Crippen molar-refractivity contribution >= 4 is 0 Å². The summed E-state index contributed by atoms with van der Waals surface area (Å²) in [5.74, 6) is -0.205. The number of benzene rings is 1. The van der Waals surface area contributed by atoms with Crippen molar-refractivity contribution < 1.29 is 14.2 Å². The second kappa shape index (κ2) is 4.73. The molecule has 1 aromatic rings. The predicted octanol–water partition coefficient (Wildman–Crippen LogP) is 2.29. The van der Waals surface area contributed by atoms with Gasteiger partial charge in [0.2, 0.25) is 0 Å². The first-order valence-electron chi connectivity index (χ1n) is 5.28. The van der Waals surface area contributed by atoms with Crippen molar-refractivity contribution in [3.05, 3.63) is 35.6 Å². The largest absolute Gasteiger partial charge is 0.388 e. The van der Waals surface area contributed by atoms with Crippen molar-refractivity contribution in [3.63, 3.8) is 0 Å². The van der Waals surface area contributed by atoms with Gasteiger partial charge in [0, 0.05) is 12.5 Å². The minimum absolute atomic E-state index is 0.0977. The van der Waals surface area contributed by atoms with Crippen molar-refractivity contribution in [2.24, 2.45) is 5.92 Å². The second-order valence-corrected chi connectivity index (χ2v) is 3.98. The van der Waals surface area contributed by atoms with Gasteiger partial charge in [-0.15, -0.1) is 0 Å². The molecule has 0 aliphatic carbocycles. The zero-order valence-electron chi connectivity index (χ0n) is 8.53. The molecule has 0 radical (unpaired) electrons. The van der Waals surface area contributed by atoms with Crippen LogP contribution in [0.2, 0.25) is 0 Å². The summed E-state index contributed by atoms with van der Waals surface area (Å²) < 4.78 is 18.3. The zero-order valence-corrected chi connectivity index (χ0v) is 8.53. The summed E-state index contributed by atoms with van der Waals surface area (Å²) in [6.45, 7) is 1.34. The van der Waals surface area contributed by atoms with E-state index in [9.17, 15) is 9.50 Å². The van der Waals surface area contributed by atoms with E-state index >= 15 is 0 Å². The molecule has 0 bridgehead atoms. The molecule has 2 nitrogen and oxygen atoms in total. The average molecular weight is 210 g/mol. The molecule has 2 unspecified atom stereocenters. The lowest BCUT2D eigenvalue weighted by Crippen LogP contribution is -2.23. The van der Waals surface area contributed by atoms with Crippen LogP contribution in [0.1, 0.15) is 24.5 Å². The van der Waals surface area contributed by atoms with Gasteiger partial charge in [0.25, 0.3) is 0 Å². The zero-order chi connectivity index (χ0) is 10.7. The number of ether oxygens (including phenoxy) is 1. The van der Waals surface area contributed by atoms with Crippen molar-refractivity contribution in [2.75, 3.05) is 13.2 Å². The predicted molar refractivity (Wildman–Crippen MR) is 54.9 cm³/mol. The van der Waals surface area contributed by atoms with Crippen molar-refractivity contribution in [1.82, 2.24) is 0 Å². The molecule has 1 aromatic carbocycles. The molecule has 1 aliphatic rings. The van der Waals surface area contributed by atoms with Gasteiger partial charge in [-0.1, -0.05) is 12.1 Å². The van der Waals surface area contributed by atoms with Gasteiger partial charge in [0.05, 0.1) is 12.7 Å². The molecular weight excluding hydrogens is 195 g/mol. The summed E-state index contributed by atoms with van der Waals surface area (Å²) in [5, 5.41) is 10.0. The molecule has 0 saturated carbocycles. The molecule has 0 spiro atoms. The van der Waals surface area contributed by atoms with E-state index in [0.29, 0.717) is 12.2 Å². The molecule has 3 heteroatoms. The highest BCUT2D eigenvalue weighted by atomic mass is 19.1. The Morgan fingerprint density at radius 3 is 3.00 bits per heavy atom. The fourth-order valence-corrected chi connectivity index (χ4v) is 1.98. The summed E-state index contributed by atoms with van der Waals surface area (Å²) in [5.41, 5.74) is 0.644. The molecule has 1 N–H and O–H groups in total. The minimum Gasteiger partial charge on any atom is -0.388 e. The van der Waals surface area contributed by atoms with Gasteiger partial charge in [-0.2, -0.15) is 0 Å². The Kier molecular flexibility index (Phi) is 3.34. The molecule has 15 heavy (non-hydrogen) atoms. The number of hydrogen-bond acceptors (Lipinski definition) is 2. The Bertz CT molecular complexity index is 321. The van der Waals surface area contributed by atoms with Crippen LogP contribution in [0, 0.1) is 11.7 Å². The number of hydrogen-bond donors (Lipinski definition) is 1. The maximum Gasteiger partial charge on any atom is 0.123 e. The molecule has 0 amide bonds. The topological polar surface area (TPSA) is 29.5 Å². The van der Waals surface area contributed by atoms with E-state index in [1.54, 1.807) is 12.1 Å². The summed E-state index contributed by atoms with van der Waals surface area (Å²) in [6, 6.07) is 6.15. The Labute approximate surface area is 88.7 Å². The first kappa shape index (κ1) is 10.6. The number of aliphatic hydroxyl groups is 1. The summed E-state index contributed by atoms with van der Waals surface area (Å²) in [4.78, 5) is 0. The van der Waals surface area contributed by atoms with Gasteiger partial charge in [-0.05, 0) is 30.5 Å². The quantitative estimate of drug-likeness (QED) is 0.811. The van der Waals surface area contributed by atoms with Crippen LogP contribution < -0.4 is 0 Å². The highest BCUT2D eigenvalue weighted by Crippen LogP contribution is 2.28. The third-order valence-electron chi connectivity index (χ3n) is 2.83. The number of halogens is 1. The number of aliphatic hydroxyl groups excluding tert-OH is 1. The van der Waals surface area contributed by atoms with E-state index in [2.05, 4.69) is 0 Å². The van der Waals surface area contributed by atoms with Gasteiger partial charge in [0.15, 0.2) is 0 Å². The summed E-state index contributed by atoms with van der Waals surface area (Å²) in [7, 11) is 0. The van der Waals surface area contributed by atoms with E-state index < -0.39 is 6.10 Å². The Balaban J connectivity index is 2.08. The normalized spacial score (nSPS) is 23.7. The second-order valence-electron chi connectivity index (χ2n) is 3.98. The monoisotopic (exact) mass is 210 g/mol. The smallest absolute Gasteiger partial charge is 0.123 e. The van der Waals surface area contributed by atoms with E-state index in [0.717, 1.165) is 19.4 Å². The Hall–Kier alpha value is -0.930. The van der Waals surface area contributed by atoms with Gasteiger partial charge in [0.1, 0.15) is 5.82 Å². The van der Waals surface area contributed by atoms with Crippen LogP contribution in [0.25, 0.3) is 0 Å². The molecular formula is C12H15FO2. The Morgan fingerprint density at radius 1 is 1.47 bits per heavy atom. The van der Waals surface area contributed by atoms with Crippen molar-refractivity contribution in [3.8, 4) is 0 Å². The summed E-state index contributed by atoms with van der Waals surface area (Å²) >= 11 is 0. The van der Waals surface area contributed by atoms with E-state index in [1.165, 1.54) is 12.1 Å². The van der Waals surface area contributed by atoms with Crippen LogP contribution in [-0.4, -0.2) is 18.3 Å². The van der Waals surface area contributed by atoms with Gasteiger partial charge < -0.3 is 9.84 Å². The van der Waals surface area contributed by atoms with E-state index in [4.69, 9.17) is 4.74 Å². The molecule has 2 rings (SSSR count). The molecule has 1 heterocycles. The van der Waals surface area contributed by atoms with Crippen LogP contribution in [0.5, 0.6) is 0 Å². The average Bonchev–Trinajstić information content (AvgIpc) is 2.29. The molecule has 1 saturated heterocycles. The minimum atomic E-state index is -0.610. The molecule has 0 aromatic heterocycles. The van der Waals surface area contributed by atoms with Crippen molar-refractivity contribution in [1.29, 1.82) is 0 Å². The molecule has 82 valence electrons. The maximum atomic E-state index is 13.0. The first-order chi connectivity index (χ1) is 7.27. The fraction of sp³-hybridized carbons (Fsp3) is 0.500. The highest BCUT2D eigenvalue weighted by molar-refractivity contribution is 5.19. The lowest BCUT2D eigenvalue weighted by Gasteiger charge is -2.26. The van der Waals surface area contributed by atoms with Crippen molar-refractivity contribution in [2.45, 2.75) is 18.9 Å². The van der Waals surface area contributed by atoms with Crippen LogP contribution >= 0.6 is 0 Å². The van der Waals surface area contributed by atoms with Gasteiger partial charge in [-0.3, -0.25) is 0 Å². The fourth-order valence-electron chi connectivity index (χ4n) is 1.98. The maximum absolute atomic E-state index is 13.0. The van der Waals surface area contributed by atoms with Crippen LogP contribution in [0.15, 0.2) is 24.3 Å². The first-order valence-corrected chi connectivity index (χ1v) is 5.28. The third kappa shape index (κ3) is 2.55. The Morgan fingerprint density at radius 2 is 2.33 bits per heavy atom. The molecule has 1 fully saturated rings. The van der Waals surface area contributed by atoms with E-state index in [-0.39, 0.29) is 11.7 Å². The lowest BCUT2D eigenvalue weighted by atomic mass is 9.91. The number of rotatable bonds is 2. The lowest BCUT2D eigenvalue weighted by molar-refractivity contribution is -0.0101. The van der Waals surface area contributed by atoms with Gasteiger partial charge >= 0.3 is 0 Å². The van der Waals surface area contributed by atoms with Crippen LogP contribution in [0.4, 0.5) is 4.39 Å². The van der Waals surface area contributed by atoms with E-state index in [1.807, 2.05) is 0 Å². The summed E-state index contributed by atoms with van der Waals surface area (Å²) in [6.07, 6.45) is 1.30. The SMILES string of the molecule is OC(c1cccc(F)c1)C1CCCOC1. The van der Waals surface area contributed by atoms with Gasteiger partial charge in [-0.25, -0.2) is 4.39 Å². The highest BCUT2D eigenvalue weighted by Gasteiger charge is 2.23.